The summed E-state index contributed by atoms with van der Waals surface area (Å²) in [5, 5.41) is 13.0. The van der Waals surface area contributed by atoms with Crippen LogP contribution in [0.2, 0.25) is 0 Å². The predicted octanol–water partition coefficient (Wildman–Crippen LogP) is 3.28. The lowest BCUT2D eigenvalue weighted by Crippen LogP contribution is -2.45. The van der Waals surface area contributed by atoms with E-state index in [9.17, 15) is 14.7 Å². The molecule has 0 aliphatic carbocycles. The molecule has 0 spiro atoms. The number of rotatable bonds is 9. The number of hydrogen-bond donors (Lipinski definition) is 2. The van der Waals surface area contributed by atoms with Crippen molar-refractivity contribution in [3.8, 4) is 0 Å². The van der Waals surface area contributed by atoms with Crippen LogP contribution >= 0.6 is 11.8 Å². The van der Waals surface area contributed by atoms with Gasteiger partial charge in [-0.25, -0.2) is 4.79 Å². The van der Waals surface area contributed by atoms with Crippen molar-refractivity contribution in [3.63, 3.8) is 0 Å². The average Bonchev–Trinajstić information content (AvgIpc) is 2.51. The molecule has 2 atom stereocenters. The Morgan fingerprint density at radius 3 is 2.52 bits per heavy atom. The molecule has 0 fully saturated rings. The number of hydrogen-bond acceptors (Lipinski definition) is 5. The summed E-state index contributed by atoms with van der Waals surface area (Å²) in [5.41, 5.74) is -1.52. The van der Waals surface area contributed by atoms with Crippen LogP contribution in [0.25, 0.3) is 0 Å². The summed E-state index contributed by atoms with van der Waals surface area (Å²) in [4.78, 5) is 25.2. The van der Waals surface area contributed by atoms with Crippen molar-refractivity contribution in [3.05, 3.63) is 43.0 Å². The molecule has 1 rings (SSSR count). The minimum atomic E-state index is -0.900. The first-order chi connectivity index (χ1) is 11.7. The molecule has 0 aliphatic rings. The summed E-state index contributed by atoms with van der Waals surface area (Å²) in [6, 6.07) is 8.48. The van der Waals surface area contributed by atoms with E-state index in [1.807, 2.05) is 30.3 Å². The Bertz CT molecular complexity index is 569. The number of nitrogens with one attached hydrogen (secondary N) is 1. The molecular weight excluding hydrogens is 338 g/mol. The fourth-order valence-corrected chi connectivity index (χ4v) is 2.91. The van der Waals surface area contributed by atoms with Gasteiger partial charge in [0.25, 0.3) is 0 Å². The van der Waals surface area contributed by atoms with Crippen molar-refractivity contribution in [2.24, 2.45) is 0 Å². The van der Waals surface area contributed by atoms with Gasteiger partial charge in [-0.2, -0.15) is 0 Å². The fourth-order valence-electron chi connectivity index (χ4n) is 1.99. The quantitative estimate of drug-likeness (QED) is 0.304. The van der Waals surface area contributed by atoms with Crippen molar-refractivity contribution in [2.45, 2.75) is 62.0 Å². The number of aliphatic hydroxyl groups is 1. The summed E-state index contributed by atoms with van der Waals surface area (Å²) in [5.74, 6) is -0.820. The van der Waals surface area contributed by atoms with Crippen LogP contribution in [-0.2, 0) is 14.3 Å². The van der Waals surface area contributed by atoms with Gasteiger partial charge in [0.2, 0.25) is 5.91 Å². The SMILES string of the molecule is C=CCCC(=O)N[C@@H](CC(O)Sc1ccccc1)C(=O)OC(C)(C)C. The maximum atomic E-state index is 12.4. The second-order valence-electron chi connectivity index (χ2n) is 6.60. The second kappa shape index (κ2) is 10.3. The molecule has 1 aromatic rings. The first-order valence-electron chi connectivity index (χ1n) is 8.24. The van der Waals surface area contributed by atoms with E-state index >= 15 is 0 Å². The molecule has 1 amide bonds. The highest BCUT2D eigenvalue weighted by Crippen LogP contribution is 2.25. The average molecular weight is 365 g/mol. The van der Waals surface area contributed by atoms with Crippen molar-refractivity contribution >= 4 is 23.6 Å². The predicted molar refractivity (Wildman–Crippen MR) is 100 cm³/mol. The molecule has 0 radical (unpaired) electrons. The van der Waals surface area contributed by atoms with E-state index in [1.165, 1.54) is 11.8 Å². The molecule has 5 nitrogen and oxygen atoms in total. The molecule has 0 aromatic heterocycles. The Morgan fingerprint density at radius 1 is 1.32 bits per heavy atom. The van der Waals surface area contributed by atoms with Crippen molar-refractivity contribution in [1.82, 2.24) is 5.32 Å². The molecular formula is C19H27NO4S. The molecule has 138 valence electrons. The zero-order valence-corrected chi connectivity index (χ0v) is 15.8. The standard InChI is InChI=1S/C19H27NO4S/c1-5-6-12-16(21)20-15(18(23)24-19(2,3)4)13-17(22)25-14-10-8-7-9-11-14/h5,7-11,15,17,22H,1,6,12-13H2,2-4H3,(H,20,21)/t15-,17?/m0/s1. The van der Waals surface area contributed by atoms with Crippen molar-refractivity contribution in [2.75, 3.05) is 0 Å². The van der Waals surface area contributed by atoms with Gasteiger partial charge in [0.1, 0.15) is 17.1 Å². The zero-order valence-electron chi connectivity index (χ0n) is 15.0. The van der Waals surface area contributed by atoms with Gasteiger partial charge in [0.05, 0.1) is 0 Å². The molecule has 0 saturated heterocycles. The first-order valence-corrected chi connectivity index (χ1v) is 9.12. The van der Waals surface area contributed by atoms with Gasteiger partial charge in [-0.05, 0) is 39.3 Å². The van der Waals surface area contributed by atoms with Crippen LogP contribution in [-0.4, -0.2) is 34.1 Å². The van der Waals surface area contributed by atoms with E-state index in [4.69, 9.17) is 4.74 Å². The minimum absolute atomic E-state index is 0.0638. The molecule has 2 N–H and O–H groups in total. The summed E-state index contributed by atoms with van der Waals surface area (Å²) in [6.45, 7) is 8.86. The van der Waals surface area contributed by atoms with Crippen LogP contribution in [0.3, 0.4) is 0 Å². The highest BCUT2D eigenvalue weighted by atomic mass is 32.2. The summed E-state index contributed by atoms with van der Waals surface area (Å²) in [7, 11) is 0. The van der Waals surface area contributed by atoms with Gasteiger partial charge in [0.15, 0.2) is 0 Å². The molecule has 0 saturated carbocycles. The number of aliphatic hydroxyl groups excluding tert-OH is 1. The summed E-state index contributed by atoms with van der Waals surface area (Å²) < 4.78 is 5.36. The van der Waals surface area contributed by atoms with Crippen LogP contribution in [0.15, 0.2) is 47.9 Å². The number of esters is 1. The normalized spacial score (nSPS) is 13.6. The molecule has 6 heteroatoms. The third-order valence-corrected chi connectivity index (χ3v) is 4.06. The van der Waals surface area contributed by atoms with E-state index in [0.717, 1.165) is 4.90 Å². The smallest absolute Gasteiger partial charge is 0.329 e. The van der Waals surface area contributed by atoms with Gasteiger partial charge >= 0.3 is 5.97 Å². The Kier molecular flexibility index (Phi) is 8.72. The van der Waals surface area contributed by atoms with Crippen LogP contribution in [0.4, 0.5) is 0 Å². The Labute approximate surface area is 153 Å². The lowest BCUT2D eigenvalue weighted by atomic mass is 10.1. The monoisotopic (exact) mass is 365 g/mol. The number of benzene rings is 1. The van der Waals surface area contributed by atoms with E-state index in [-0.39, 0.29) is 18.7 Å². The van der Waals surface area contributed by atoms with E-state index < -0.39 is 23.0 Å². The van der Waals surface area contributed by atoms with Crippen molar-refractivity contribution < 1.29 is 19.4 Å². The Hall–Kier alpha value is -1.79. The van der Waals surface area contributed by atoms with Gasteiger partial charge in [-0.1, -0.05) is 36.0 Å². The van der Waals surface area contributed by atoms with Crippen LogP contribution in [0, 0.1) is 0 Å². The molecule has 0 heterocycles. The van der Waals surface area contributed by atoms with Gasteiger partial charge in [0, 0.05) is 17.7 Å². The summed E-state index contributed by atoms with van der Waals surface area (Å²) in [6.07, 6.45) is 2.47. The number of carbonyl (C=O) groups is 2. The number of carbonyl (C=O) groups excluding carboxylic acids is 2. The summed E-state index contributed by atoms with van der Waals surface area (Å²) >= 11 is 1.23. The Balaban J connectivity index is 2.73. The lowest BCUT2D eigenvalue weighted by molar-refractivity contribution is -0.159. The van der Waals surface area contributed by atoms with Gasteiger partial charge in [-0.3, -0.25) is 4.79 Å². The van der Waals surface area contributed by atoms with Crippen LogP contribution in [0.1, 0.15) is 40.0 Å². The lowest BCUT2D eigenvalue weighted by Gasteiger charge is -2.25. The fraction of sp³-hybridized carbons (Fsp3) is 0.474. The largest absolute Gasteiger partial charge is 0.458 e. The van der Waals surface area contributed by atoms with Crippen LogP contribution in [0.5, 0.6) is 0 Å². The third kappa shape index (κ3) is 9.31. The number of allylic oxidation sites excluding steroid dienone is 1. The highest BCUT2D eigenvalue weighted by Gasteiger charge is 2.29. The third-order valence-electron chi connectivity index (χ3n) is 3.05. The van der Waals surface area contributed by atoms with Crippen molar-refractivity contribution in [1.29, 1.82) is 0 Å². The topological polar surface area (TPSA) is 75.6 Å². The second-order valence-corrected chi connectivity index (χ2v) is 7.85. The maximum absolute atomic E-state index is 12.4. The van der Waals surface area contributed by atoms with E-state index in [1.54, 1.807) is 26.8 Å². The molecule has 25 heavy (non-hydrogen) atoms. The number of amides is 1. The number of ether oxygens (including phenoxy) is 1. The highest BCUT2D eigenvalue weighted by molar-refractivity contribution is 7.99. The molecule has 1 aromatic carbocycles. The first kappa shape index (κ1) is 21.3. The maximum Gasteiger partial charge on any atom is 0.329 e. The molecule has 1 unspecified atom stereocenters. The zero-order chi connectivity index (χ0) is 18.9. The molecule has 0 bridgehead atoms. The van der Waals surface area contributed by atoms with Gasteiger partial charge in [-0.15, -0.1) is 6.58 Å². The van der Waals surface area contributed by atoms with E-state index in [2.05, 4.69) is 11.9 Å². The minimum Gasteiger partial charge on any atom is -0.458 e. The Morgan fingerprint density at radius 2 is 1.96 bits per heavy atom. The van der Waals surface area contributed by atoms with Gasteiger partial charge < -0.3 is 15.2 Å². The number of thioether (sulfide) groups is 1. The molecule has 0 aliphatic heterocycles. The van der Waals surface area contributed by atoms with Crippen LogP contribution < -0.4 is 5.32 Å². The van der Waals surface area contributed by atoms with E-state index in [0.29, 0.717) is 6.42 Å².